The Morgan fingerprint density at radius 2 is 2.29 bits per heavy atom. The number of carbonyl (C=O) groups is 1. The van der Waals surface area contributed by atoms with E-state index in [0.29, 0.717) is 36.5 Å². The van der Waals surface area contributed by atoms with Gasteiger partial charge >= 0.3 is 0 Å². The smallest absolute Gasteiger partial charge is 0.259 e. The fourth-order valence-electron chi connectivity index (χ4n) is 2.13. The standard InChI is InChI=1S/C12H18N2O3/c1-7(2)11-10(8(3)13-17-11)12(16)14-5-4-9(15)6-14/h7,9,15H,4-6H2,1-3H3/t9-/m0/s1. The number of amides is 1. The van der Waals surface area contributed by atoms with Crippen molar-refractivity contribution in [2.24, 2.45) is 0 Å². The molecule has 2 rings (SSSR count). The minimum atomic E-state index is -0.401. The average Bonchev–Trinajstić information content (AvgIpc) is 2.83. The molecule has 1 aliphatic rings. The molecule has 1 aromatic rings. The van der Waals surface area contributed by atoms with Crippen LogP contribution in [0.4, 0.5) is 0 Å². The normalized spacial score (nSPS) is 20.3. The van der Waals surface area contributed by atoms with E-state index in [2.05, 4.69) is 5.16 Å². The lowest BCUT2D eigenvalue weighted by molar-refractivity contribution is 0.0761. The maximum atomic E-state index is 12.3. The van der Waals surface area contributed by atoms with Gasteiger partial charge in [-0.1, -0.05) is 19.0 Å². The van der Waals surface area contributed by atoms with Crippen LogP contribution in [0.25, 0.3) is 0 Å². The Hall–Kier alpha value is -1.36. The second kappa shape index (κ2) is 4.49. The molecule has 1 aliphatic heterocycles. The van der Waals surface area contributed by atoms with Gasteiger partial charge in [-0.25, -0.2) is 0 Å². The van der Waals surface area contributed by atoms with Gasteiger partial charge in [-0.15, -0.1) is 0 Å². The lowest BCUT2D eigenvalue weighted by Gasteiger charge is -2.16. The number of aryl methyl sites for hydroxylation is 1. The summed E-state index contributed by atoms with van der Waals surface area (Å²) >= 11 is 0. The van der Waals surface area contributed by atoms with Gasteiger partial charge in [-0.3, -0.25) is 4.79 Å². The Morgan fingerprint density at radius 3 is 2.82 bits per heavy atom. The predicted octanol–water partition coefficient (Wildman–Crippen LogP) is 1.31. The van der Waals surface area contributed by atoms with Crippen molar-refractivity contribution in [1.82, 2.24) is 10.1 Å². The fourth-order valence-corrected chi connectivity index (χ4v) is 2.13. The predicted molar refractivity (Wildman–Crippen MR) is 61.9 cm³/mol. The first-order valence-electron chi connectivity index (χ1n) is 5.94. The van der Waals surface area contributed by atoms with Crippen molar-refractivity contribution in [3.8, 4) is 0 Å². The summed E-state index contributed by atoms with van der Waals surface area (Å²) in [5, 5.41) is 13.3. The molecule has 0 radical (unpaired) electrons. The number of β-amino-alcohol motifs (C(OH)–C–C–N with tert-alkyl or cyclic N) is 1. The molecule has 0 aliphatic carbocycles. The lowest BCUT2D eigenvalue weighted by atomic mass is 10.0. The molecule has 17 heavy (non-hydrogen) atoms. The Balaban J connectivity index is 2.27. The van der Waals surface area contributed by atoms with Crippen LogP contribution in [0.1, 0.15) is 48.0 Å². The Bertz CT molecular complexity index is 425. The lowest BCUT2D eigenvalue weighted by Crippen LogP contribution is -2.30. The number of aromatic nitrogens is 1. The molecule has 1 aromatic heterocycles. The first-order valence-corrected chi connectivity index (χ1v) is 5.94. The van der Waals surface area contributed by atoms with Gasteiger partial charge in [0, 0.05) is 19.0 Å². The summed E-state index contributed by atoms with van der Waals surface area (Å²) in [6.45, 7) is 6.71. The number of aliphatic hydroxyl groups is 1. The summed E-state index contributed by atoms with van der Waals surface area (Å²) in [5.41, 5.74) is 1.19. The average molecular weight is 238 g/mol. The molecule has 0 bridgehead atoms. The van der Waals surface area contributed by atoms with Crippen LogP contribution in [0.5, 0.6) is 0 Å². The molecule has 1 amide bonds. The van der Waals surface area contributed by atoms with E-state index in [1.807, 2.05) is 13.8 Å². The second-order valence-corrected chi connectivity index (χ2v) is 4.86. The molecule has 5 nitrogen and oxygen atoms in total. The highest BCUT2D eigenvalue weighted by molar-refractivity contribution is 5.96. The SMILES string of the molecule is Cc1noc(C(C)C)c1C(=O)N1CC[C@H](O)C1. The molecule has 1 N–H and O–H groups in total. The third-order valence-corrected chi connectivity index (χ3v) is 3.08. The van der Waals surface area contributed by atoms with Crippen LogP contribution >= 0.6 is 0 Å². The maximum Gasteiger partial charge on any atom is 0.259 e. The van der Waals surface area contributed by atoms with E-state index in [1.165, 1.54) is 0 Å². The van der Waals surface area contributed by atoms with E-state index in [1.54, 1.807) is 11.8 Å². The number of hydrogen-bond donors (Lipinski definition) is 1. The van der Waals surface area contributed by atoms with Crippen molar-refractivity contribution in [2.75, 3.05) is 13.1 Å². The molecule has 1 saturated heterocycles. The molecule has 0 aromatic carbocycles. The quantitative estimate of drug-likeness (QED) is 0.843. The number of hydrogen-bond acceptors (Lipinski definition) is 4. The molecule has 1 atom stereocenters. The van der Waals surface area contributed by atoms with Gasteiger partial charge < -0.3 is 14.5 Å². The van der Waals surface area contributed by atoms with Gasteiger partial charge in [0.05, 0.1) is 11.8 Å². The van der Waals surface area contributed by atoms with E-state index >= 15 is 0 Å². The molecule has 2 heterocycles. The van der Waals surface area contributed by atoms with Crippen molar-refractivity contribution >= 4 is 5.91 Å². The van der Waals surface area contributed by atoms with Crippen LogP contribution in [0.15, 0.2) is 4.52 Å². The van der Waals surface area contributed by atoms with Crippen LogP contribution in [0, 0.1) is 6.92 Å². The van der Waals surface area contributed by atoms with Crippen molar-refractivity contribution in [2.45, 2.75) is 39.2 Å². The van der Waals surface area contributed by atoms with E-state index in [0.717, 1.165) is 0 Å². The van der Waals surface area contributed by atoms with Gasteiger partial charge in [0.2, 0.25) is 0 Å². The largest absolute Gasteiger partial charge is 0.391 e. The van der Waals surface area contributed by atoms with Gasteiger partial charge in [0.25, 0.3) is 5.91 Å². The van der Waals surface area contributed by atoms with E-state index in [9.17, 15) is 9.90 Å². The number of likely N-dealkylation sites (tertiary alicyclic amines) is 1. The van der Waals surface area contributed by atoms with E-state index in [4.69, 9.17) is 4.52 Å². The summed E-state index contributed by atoms with van der Waals surface area (Å²) < 4.78 is 5.20. The van der Waals surface area contributed by atoms with Gasteiger partial charge in [-0.2, -0.15) is 0 Å². The zero-order chi connectivity index (χ0) is 12.6. The minimum Gasteiger partial charge on any atom is -0.391 e. The summed E-state index contributed by atoms with van der Waals surface area (Å²) in [5.74, 6) is 0.681. The molecule has 0 saturated carbocycles. The van der Waals surface area contributed by atoms with Crippen LogP contribution < -0.4 is 0 Å². The summed E-state index contributed by atoms with van der Waals surface area (Å²) in [4.78, 5) is 14.0. The Labute approximate surface area is 100 Å². The number of rotatable bonds is 2. The minimum absolute atomic E-state index is 0.0796. The van der Waals surface area contributed by atoms with E-state index in [-0.39, 0.29) is 11.8 Å². The topological polar surface area (TPSA) is 66.6 Å². The number of aliphatic hydroxyl groups excluding tert-OH is 1. The van der Waals surface area contributed by atoms with Crippen molar-refractivity contribution in [3.05, 3.63) is 17.0 Å². The molecular weight excluding hydrogens is 220 g/mol. The van der Waals surface area contributed by atoms with Crippen LogP contribution in [0.2, 0.25) is 0 Å². The van der Waals surface area contributed by atoms with Gasteiger partial charge in [-0.05, 0) is 13.3 Å². The third kappa shape index (κ3) is 2.20. The first kappa shape index (κ1) is 12.1. The van der Waals surface area contributed by atoms with Crippen LogP contribution in [0.3, 0.4) is 0 Å². The molecule has 0 unspecified atom stereocenters. The summed E-state index contributed by atoms with van der Waals surface area (Å²) in [7, 11) is 0. The van der Waals surface area contributed by atoms with Crippen LogP contribution in [-0.4, -0.2) is 40.3 Å². The second-order valence-electron chi connectivity index (χ2n) is 4.86. The summed E-state index contributed by atoms with van der Waals surface area (Å²) in [6, 6.07) is 0. The zero-order valence-corrected chi connectivity index (χ0v) is 10.4. The molecular formula is C12H18N2O3. The monoisotopic (exact) mass is 238 g/mol. The zero-order valence-electron chi connectivity index (χ0n) is 10.4. The Morgan fingerprint density at radius 1 is 1.59 bits per heavy atom. The third-order valence-electron chi connectivity index (χ3n) is 3.08. The van der Waals surface area contributed by atoms with Crippen molar-refractivity contribution in [3.63, 3.8) is 0 Å². The molecule has 0 spiro atoms. The highest BCUT2D eigenvalue weighted by atomic mass is 16.5. The first-order chi connectivity index (χ1) is 8.00. The van der Waals surface area contributed by atoms with Crippen LogP contribution in [-0.2, 0) is 0 Å². The number of nitrogens with zero attached hydrogens (tertiary/aromatic N) is 2. The fraction of sp³-hybridized carbons (Fsp3) is 0.667. The van der Waals surface area contributed by atoms with E-state index < -0.39 is 6.10 Å². The van der Waals surface area contributed by atoms with Crippen molar-refractivity contribution in [1.29, 1.82) is 0 Å². The van der Waals surface area contributed by atoms with Crippen molar-refractivity contribution < 1.29 is 14.4 Å². The van der Waals surface area contributed by atoms with Gasteiger partial charge in [0.1, 0.15) is 5.56 Å². The summed E-state index contributed by atoms with van der Waals surface area (Å²) in [6.07, 6.45) is 0.245. The number of carbonyl (C=O) groups excluding carboxylic acids is 1. The molecule has 94 valence electrons. The highest BCUT2D eigenvalue weighted by Gasteiger charge is 2.30. The maximum absolute atomic E-state index is 12.3. The highest BCUT2D eigenvalue weighted by Crippen LogP contribution is 2.25. The Kier molecular flexibility index (Phi) is 3.19. The molecule has 1 fully saturated rings. The molecule has 5 heteroatoms. The van der Waals surface area contributed by atoms with Gasteiger partial charge in [0.15, 0.2) is 5.76 Å².